The van der Waals surface area contributed by atoms with E-state index in [1.807, 2.05) is 12.1 Å². The number of halogens is 1. The van der Waals surface area contributed by atoms with Crippen molar-refractivity contribution in [3.63, 3.8) is 0 Å². The average Bonchev–Trinajstić information content (AvgIpc) is 2.31. The molecule has 0 saturated carbocycles. The Hall–Kier alpha value is -0.770. The first kappa shape index (κ1) is 14.3. The van der Waals surface area contributed by atoms with Crippen LogP contribution >= 0.6 is 11.6 Å². The van der Waals surface area contributed by atoms with Crippen LogP contribution in [0.15, 0.2) is 18.2 Å². The van der Waals surface area contributed by atoms with Gasteiger partial charge in [-0.2, -0.15) is 0 Å². The number of benzene rings is 1. The molecule has 0 radical (unpaired) electrons. The van der Waals surface area contributed by atoms with Crippen molar-refractivity contribution in [1.82, 2.24) is 0 Å². The molecule has 0 aliphatic rings. The zero-order valence-corrected chi connectivity index (χ0v) is 11.1. The fourth-order valence-electron chi connectivity index (χ4n) is 1.91. The number of nitrogens with two attached hydrogens (primary N) is 1. The Morgan fingerprint density at radius 1 is 1.47 bits per heavy atom. The molecular weight excluding hydrogens is 238 g/mol. The van der Waals surface area contributed by atoms with Gasteiger partial charge in [0.15, 0.2) is 0 Å². The molecule has 2 unspecified atom stereocenters. The third-order valence-corrected chi connectivity index (χ3v) is 3.36. The molecule has 4 heteroatoms. The average molecular weight is 258 g/mol. The molecule has 96 valence electrons. The van der Waals surface area contributed by atoms with Crippen LogP contribution in [0.3, 0.4) is 0 Å². The summed E-state index contributed by atoms with van der Waals surface area (Å²) < 4.78 is 5.30. The lowest BCUT2D eigenvalue weighted by Crippen LogP contribution is -2.26. The smallest absolute Gasteiger partial charge is 0.122 e. The van der Waals surface area contributed by atoms with E-state index in [2.05, 4.69) is 6.92 Å². The Labute approximate surface area is 108 Å². The molecule has 0 amide bonds. The minimum Gasteiger partial charge on any atom is -0.496 e. The van der Waals surface area contributed by atoms with Gasteiger partial charge in [-0.15, -0.1) is 0 Å². The van der Waals surface area contributed by atoms with Gasteiger partial charge in [-0.1, -0.05) is 18.5 Å². The minimum atomic E-state index is 0.110. The number of aliphatic hydroxyl groups is 1. The van der Waals surface area contributed by atoms with Gasteiger partial charge in [0.25, 0.3) is 0 Å². The Morgan fingerprint density at radius 2 is 2.18 bits per heavy atom. The molecule has 2 atom stereocenters. The molecule has 0 aliphatic carbocycles. The Morgan fingerprint density at radius 3 is 2.71 bits per heavy atom. The standard InChI is InChI=1S/C13H20ClNO2/c1-9(11(7-15)8-16)5-10-6-12(14)3-4-13(10)17-2/h3-4,6,9,11,16H,5,7-8,15H2,1-2H3. The molecule has 3 nitrogen and oxygen atoms in total. The molecule has 3 N–H and O–H groups in total. The van der Waals surface area contributed by atoms with Gasteiger partial charge in [0.1, 0.15) is 5.75 Å². The fourth-order valence-corrected chi connectivity index (χ4v) is 2.10. The number of hydrogen-bond donors (Lipinski definition) is 2. The second-order valence-corrected chi connectivity index (χ2v) is 4.75. The molecule has 0 aliphatic heterocycles. The van der Waals surface area contributed by atoms with Gasteiger partial charge >= 0.3 is 0 Å². The molecule has 0 saturated heterocycles. The second kappa shape index (κ2) is 6.84. The predicted molar refractivity (Wildman–Crippen MR) is 70.5 cm³/mol. The molecule has 0 fully saturated rings. The minimum absolute atomic E-state index is 0.110. The summed E-state index contributed by atoms with van der Waals surface area (Å²) in [5.41, 5.74) is 6.68. The Bertz CT molecular complexity index is 353. The maximum atomic E-state index is 9.22. The van der Waals surface area contributed by atoms with E-state index in [9.17, 15) is 5.11 Å². The highest BCUT2D eigenvalue weighted by Gasteiger charge is 2.17. The van der Waals surface area contributed by atoms with E-state index in [1.54, 1.807) is 13.2 Å². The zero-order valence-electron chi connectivity index (χ0n) is 10.3. The fraction of sp³-hybridized carbons (Fsp3) is 0.538. The van der Waals surface area contributed by atoms with Crippen LogP contribution in [-0.4, -0.2) is 25.4 Å². The van der Waals surface area contributed by atoms with E-state index in [1.165, 1.54) is 0 Å². The summed E-state index contributed by atoms with van der Waals surface area (Å²) in [5, 5.41) is 9.91. The first-order chi connectivity index (χ1) is 8.12. The van der Waals surface area contributed by atoms with Crippen LogP contribution in [0.25, 0.3) is 0 Å². The van der Waals surface area contributed by atoms with Crippen LogP contribution in [0.5, 0.6) is 5.75 Å². The third-order valence-electron chi connectivity index (χ3n) is 3.13. The first-order valence-electron chi connectivity index (χ1n) is 5.75. The largest absolute Gasteiger partial charge is 0.496 e. The molecule has 0 heterocycles. The third kappa shape index (κ3) is 3.87. The monoisotopic (exact) mass is 257 g/mol. The summed E-state index contributed by atoms with van der Waals surface area (Å²) >= 11 is 5.97. The predicted octanol–water partition coefficient (Wildman–Crippen LogP) is 2.09. The van der Waals surface area contributed by atoms with Crippen molar-refractivity contribution in [3.05, 3.63) is 28.8 Å². The van der Waals surface area contributed by atoms with Gasteiger partial charge in [0.2, 0.25) is 0 Å². The highest BCUT2D eigenvalue weighted by atomic mass is 35.5. The number of methoxy groups -OCH3 is 1. The normalized spacial score (nSPS) is 14.4. The van der Waals surface area contributed by atoms with Crippen molar-refractivity contribution < 1.29 is 9.84 Å². The van der Waals surface area contributed by atoms with Gasteiger partial charge in [-0.3, -0.25) is 0 Å². The number of rotatable bonds is 6. The van der Waals surface area contributed by atoms with E-state index in [-0.39, 0.29) is 18.4 Å². The summed E-state index contributed by atoms with van der Waals surface area (Å²) in [6.07, 6.45) is 0.798. The summed E-state index contributed by atoms with van der Waals surface area (Å²) in [6, 6.07) is 5.57. The van der Waals surface area contributed by atoms with Crippen molar-refractivity contribution in [2.75, 3.05) is 20.3 Å². The molecule has 0 spiro atoms. The van der Waals surface area contributed by atoms with Gasteiger partial charge < -0.3 is 15.6 Å². The number of ether oxygens (including phenoxy) is 1. The van der Waals surface area contributed by atoms with Gasteiger partial charge in [0, 0.05) is 11.6 Å². The lowest BCUT2D eigenvalue weighted by atomic mass is 9.88. The van der Waals surface area contributed by atoms with Gasteiger partial charge in [0.05, 0.1) is 7.11 Å². The zero-order chi connectivity index (χ0) is 12.8. The molecule has 1 aromatic rings. The van der Waals surface area contributed by atoms with E-state index in [0.29, 0.717) is 11.6 Å². The maximum Gasteiger partial charge on any atom is 0.122 e. The second-order valence-electron chi connectivity index (χ2n) is 4.32. The first-order valence-corrected chi connectivity index (χ1v) is 6.13. The van der Waals surface area contributed by atoms with Crippen LogP contribution in [0.1, 0.15) is 12.5 Å². The van der Waals surface area contributed by atoms with Crippen molar-refractivity contribution in [3.8, 4) is 5.75 Å². The van der Waals surface area contributed by atoms with E-state index in [4.69, 9.17) is 22.1 Å². The Kier molecular flexibility index (Phi) is 5.75. The highest BCUT2D eigenvalue weighted by Crippen LogP contribution is 2.27. The van der Waals surface area contributed by atoms with Crippen molar-refractivity contribution in [2.45, 2.75) is 13.3 Å². The lowest BCUT2D eigenvalue weighted by Gasteiger charge is -2.21. The van der Waals surface area contributed by atoms with Crippen LogP contribution in [0.2, 0.25) is 5.02 Å². The van der Waals surface area contributed by atoms with Crippen LogP contribution in [0, 0.1) is 11.8 Å². The van der Waals surface area contributed by atoms with Gasteiger partial charge in [-0.05, 0) is 48.6 Å². The van der Waals surface area contributed by atoms with E-state index in [0.717, 1.165) is 17.7 Å². The van der Waals surface area contributed by atoms with Crippen LogP contribution in [-0.2, 0) is 6.42 Å². The van der Waals surface area contributed by atoms with E-state index < -0.39 is 0 Å². The quantitative estimate of drug-likeness (QED) is 0.821. The topological polar surface area (TPSA) is 55.5 Å². The molecule has 17 heavy (non-hydrogen) atoms. The van der Waals surface area contributed by atoms with Crippen molar-refractivity contribution in [1.29, 1.82) is 0 Å². The molecule has 0 bridgehead atoms. The molecule has 1 rings (SSSR count). The molecule has 0 aromatic heterocycles. The van der Waals surface area contributed by atoms with Crippen LogP contribution < -0.4 is 10.5 Å². The van der Waals surface area contributed by atoms with E-state index >= 15 is 0 Å². The SMILES string of the molecule is COc1ccc(Cl)cc1CC(C)C(CN)CO. The van der Waals surface area contributed by atoms with Crippen LogP contribution in [0.4, 0.5) is 0 Å². The number of aliphatic hydroxyl groups excluding tert-OH is 1. The molecular formula is C13H20ClNO2. The van der Waals surface area contributed by atoms with Gasteiger partial charge in [-0.25, -0.2) is 0 Å². The highest BCUT2D eigenvalue weighted by molar-refractivity contribution is 6.30. The summed E-state index contributed by atoms with van der Waals surface area (Å²) in [4.78, 5) is 0. The summed E-state index contributed by atoms with van der Waals surface area (Å²) in [7, 11) is 1.64. The summed E-state index contributed by atoms with van der Waals surface area (Å²) in [6.45, 7) is 2.68. The Balaban J connectivity index is 2.82. The summed E-state index contributed by atoms with van der Waals surface area (Å²) in [5.74, 6) is 1.23. The van der Waals surface area contributed by atoms with Crippen molar-refractivity contribution >= 4 is 11.6 Å². The lowest BCUT2D eigenvalue weighted by molar-refractivity contribution is 0.186. The van der Waals surface area contributed by atoms with Crippen molar-refractivity contribution in [2.24, 2.45) is 17.6 Å². The molecule has 1 aromatic carbocycles. The number of hydrogen-bond acceptors (Lipinski definition) is 3. The maximum absolute atomic E-state index is 9.22.